The minimum atomic E-state index is -0.254. The number of allylic oxidation sites excluding steroid dienone is 1. The first-order chi connectivity index (χ1) is 9.24. The maximum Gasteiger partial charge on any atom is 0.343 e. The summed E-state index contributed by atoms with van der Waals surface area (Å²) >= 11 is 0. The molecular weight excluding hydrogens is 240 g/mol. The largest absolute Gasteiger partial charge is 0.508 e. The first-order valence-corrected chi connectivity index (χ1v) is 6.69. The van der Waals surface area contributed by atoms with Crippen molar-refractivity contribution in [2.24, 2.45) is 0 Å². The summed E-state index contributed by atoms with van der Waals surface area (Å²) in [5, 5.41) is 9.47. The highest BCUT2D eigenvalue weighted by atomic mass is 16.5. The Balaban J connectivity index is 1.95. The predicted octanol–water partition coefficient (Wildman–Crippen LogP) is 3.55. The molecule has 19 heavy (non-hydrogen) atoms. The van der Waals surface area contributed by atoms with Crippen molar-refractivity contribution in [2.75, 3.05) is 0 Å². The monoisotopic (exact) mass is 256 g/mol. The molecule has 1 heterocycles. The number of carbonyl (C=O) groups excluding carboxylic acids is 1. The summed E-state index contributed by atoms with van der Waals surface area (Å²) in [4.78, 5) is 11.9. The SMILES string of the molecule is O=C1OC(c2cccc(O)c2)=CC1=C1CCCCC1. The molecule has 1 aliphatic carbocycles. The second-order valence-electron chi connectivity index (χ2n) is 5.03. The van der Waals surface area contributed by atoms with Crippen LogP contribution in [-0.2, 0) is 9.53 Å². The lowest BCUT2D eigenvalue weighted by Gasteiger charge is -2.14. The van der Waals surface area contributed by atoms with Gasteiger partial charge in [0.2, 0.25) is 0 Å². The molecule has 0 spiro atoms. The van der Waals surface area contributed by atoms with E-state index in [4.69, 9.17) is 4.74 Å². The van der Waals surface area contributed by atoms with Gasteiger partial charge in [-0.2, -0.15) is 0 Å². The average Bonchev–Trinajstić information content (AvgIpc) is 2.82. The third-order valence-electron chi connectivity index (χ3n) is 3.67. The van der Waals surface area contributed by atoms with E-state index in [2.05, 4.69) is 0 Å². The van der Waals surface area contributed by atoms with E-state index in [1.807, 2.05) is 12.1 Å². The summed E-state index contributed by atoms with van der Waals surface area (Å²) < 4.78 is 5.32. The molecule has 0 radical (unpaired) electrons. The van der Waals surface area contributed by atoms with Crippen LogP contribution < -0.4 is 0 Å². The van der Waals surface area contributed by atoms with E-state index in [9.17, 15) is 9.90 Å². The van der Waals surface area contributed by atoms with Gasteiger partial charge >= 0.3 is 5.97 Å². The van der Waals surface area contributed by atoms with Gasteiger partial charge in [0.1, 0.15) is 11.5 Å². The van der Waals surface area contributed by atoms with Crippen LogP contribution in [0.4, 0.5) is 0 Å². The van der Waals surface area contributed by atoms with E-state index < -0.39 is 0 Å². The van der Waals surface area contributed by atoms with Crippen LogP contribution in [-0.4, -0.2) is 11.1 Å². The minimum Gasteiger partial charge on any atom is -0.508 e. The summed E-state index contributed by atoms with van der Waals surface area (Å²) in [5.41, 5.74) is 2.67. The molecule has 1 aromatic rings. The standard InChI is InChI=1S/C16H16O3/c17-13-8-4-7-12(9-13)15-10-14(16(18)19-15)11-5-2-1-3-6-11/h4,7-10,17H,1-3,5-6H2. The van der Waals surface area contributed by atoms with E-state index in [0.717, 1.165) is 36.8 Å². The summed E-state index contributed by atoms with van der Waals surface area (Å²) in [7, 11) is 0. The number of esters is 1. The molecule has 0 bridgehead atoms. The first-order valence-electron chi connectivity index (χ1n) is 6.69. The van der Waals surface area contributed by atoms with Crippen molar-refractivity contribution in [1.29, 1.82) is 0 Å². The van der Waals surface area contributed by atoms with Crippen molar-refractivity contribution in [3.8, 4) is 5.75 Å². The Morgan fingerprint density at radius 3 is 2.63 bits per heavy atom. The number of benzene rings is 1. The fourth-order valence-electron chi connectivity index (χ4n) is 2.67. The van der Waals surface area contributed by atoms with Gasteiger partial charge < -0.3 is 9.84 Å². The molecule has 1 N–H and O–H groups in total. The minimum absolute atomic E-state index is 0.174. The van der Waals surface area contributed by atoms with E-state index in [1.165, 1.54) is 12.0 Å². The van der Waals surface area contributed by atoms with E-state index in [0.29, 0.717) is 5.76 Å². The highest BCUT2D eigenvalue weighted by molar-refractivity contribution is 6.02. The van der Waals surface area contributed by atoms with Crippen LogP contribution in [0.5, 0.6) is 5.75 Å². The van der Waals surface area contributed by atoms with Gasteiger partial charge in [-0.1, -0.05) is 24.1 Å². The Hall–Kier alpha value is -2.03. The van der Waals surface area contributed by atoms with Gasteiger partial charge in [0.15, 0.2) is 0 Å². The van der Waals surface area contributed by atoms with Gasteiger partial charge in [0.25, 0.3) is 0 Å². The predicted molar refractivity (Wildman–Crippen MR) is 72.3 cm³/mol. The zero-order chi connectivity index (χ0) is 13.2. The molecule has 1 aliphatic heterocycles. The Morgan fingerprint density at radius 2 is 1.89 bits per heavy atom. The zero-order valence-corrected chi connectivity index (χ0v) is 10.7. The highest BCUT2D eigenvalue weighted by Gasteiger charge is 2.25. The lowest BCUT2D eigenvalue weighted by molar-refractivity contribution is -0.131. The lowest BCUT2D eigenvalue weighted by atomic mass is 9.91. The maximum absolute atomic E-state index is 11.9. The van der Waals surface area contributed by atoms with Crippen molar-refractivity contribution in [2.45, 2.75) is 32.1 Å². The molecule has 1 fully saturated rings. The van der Waals surface area contributed by atoms with Crippen LogP contribution in [0.2, 0.25) is 0 Å². The molecule has 0 unspecified atom stereocenters. The first kappa shape index (κ1) is 12.0. The molecule has 0 amide bonds. The van der Waals surface area contributed by atoms with E-state index >= 15 is 0 Å². The van der Waals surface area contributed by atoms with Crippen LogP contribution >= 0.6 is 0 Å². The molecule has 0 atom stereocenters. The summed E-state index contributed by atoms with van der Waals surface area (Å²) in [6.45, 7) is 0. The van der Waals surface area contributed by atoms with Crippen molar-refractivity contribution in [3.63, 3.8) is 0 Å². The number of phenolic OH excluding ortho intramolecular Hbond substituents is 1. The van der Waals surface area contributed by atoms with Gasteiger partial charge in [0, 0.05) is 5.56 Å². The molecule has 1 aromatic carbocycles. The maximum atomic E-state index is 11.9. The molecule has 3 heteroatoms. The highest BCUT2D eigenvalue weighted by Crippen LogP contribution is 2.34. The number of aromatic hydroxyl groups is 1. The van der Waals surface area contributed by atoms with E-state index in [1.54, 1.807) is 18.2 Å². The third-order valence-corrected chi connectivity index (χ3v) is 3.67. The van der Waals surface area contributed by atoms with Crippen molar-refractivity contribution >= 4 is 11.7 Å². The number of phenols is 1. The van der Waals surface area contributed by atoms with Crippen molar-refractivity contribution in [3.05, 3.63) is 47.1 Å². The Bertz CT molecular complexity index is 573. The molecule has 98 valence electrons. The molecule has 0 saturated heterocycles. The quantitative estimate of drug-likeness (QED) is 0.617. The zero-order valence-electron chi connectivity index (χ0n) is 10.7. The Morgan fingerprint density at radius 1 is 1.11 bits per heavy atom. The summed E-state index contributed by atoms with van der Waals surface area (Å²) in [6.07, 6.45) is 7.36. The van der Waals surface area contributed by atoms with Crippen LogP contribution in [0.25, 0.3) is 5.76 Å². The molecular formula is C16H16O3. The molecule has 1 saturated carbocycles. The smallest absolute Gasteiger partial charge is 0.343 e. The van der Waals surface area contributed by atoms with Crippen LogP contribution in [0, 0.1) is 0 Å². The van der Waals surface area contributed by atoms with Crippen LogP contribution in [0.3, 0.4) is 0 Å². The van der Waals surface area contributed by atoms with Gasteiger partial charge in [-0.25, -0.2) is 4.79 Å². The summed E-state index contributed by atoms with van der Waals surface area (Å²) in [6, 6.07) is 6.77. The lowest BCUT2D eigenvalue weighted by Crippen LogP contribution is -2.04. The van der Waals surface area contributed by atoms with Gasteiger partial charge in [-0.3, -0.25) is 0 Å². The number of hydrogen-bond acceptors (Lipinski definition) is 3. The molecule has 0 aromatic heterocycles. The molecule has 3 nitrogen and oxygen atoms in total. The fourth-order valence-corrected chi connectivity index (χ4v) is 2.67. The second kappa shape index (κ2) is 4.92. The number of hydrogen-bond donors (Lipinski definition) is 1. The molecule has 2 aliphatic rings. The fraction of sp³-hybridized carbons (Fsp3) is 0.312. The second-order valence-corrected chi connectivity index (χ2v) is 5.03. The topological polar surface area (TPSA) is 46.5 Å². The van der Waals surface area contributed by atoms with E-state index in [-0.39, 0.29) is 11.7 Å². The van der Waals surface area contributed by atoms with Crippen molar-refractivity contribution in [1.82, 2.24) is 0 Å². The summed E-state index contributed by atoms with van der Waals surface area (Å²) in [5.74, 6) is 0.456. The number of carbonyl (C=O) groups is 1. The third kappa shape index (κ3) is 2.41. The normalized spacial score (nSPS) is 19.4. The Labute approximate surface area is 112 Å². The molecule has 3 rings (SSSR count). The number of cyclic esters (lactones) is 1. The van der Waals surface area contributed by atoms with Crippen molar-refractivity contribution < 1.29 is 14.6 Å². The van der Waals surface area contributed by atoms with Crippen LogP contribution in [0.15, 0.2) is 41.5 Å². The van der Waals surface area contributed by atoms with Gasteiger partial charge in [0.05, 0.1) is 5.57 Å². The number of rotatable bonds is 1. The van der Waals surface area contributed by atoms with Gasteiger partial charge in [-0.05, 0) is 43.9 Å². The number of ether oxygens (including phenoxy) is 1. The average molecular weight is 256 g/mol. The van der Waals surface area contributed by atoms with Gasteiger partial charge in [-0.15, -0.1) is 0 Å². The Kier molecular flexibility index (Phi) is 3.11. The van der Waals surface area contributed by atoms with Crippen LogP contribution in [0.1, 0.15) is 37.7 Å².